The van der Waals surface area contributed by atoms with Gasteiger partial charge >= 0.3 is 0 Å². The van der Waals surface area contributed by atoms with Crippen LogP contribution in [0.15, 0.2) is 0 Å². The average Bonchev–Trinajstić information content (AvgIpc) is 2.77. The number of ether oxygens (including phenoxy) is 1. The second-order valence-electron chi connectivity index (χ2n) is 4.88. The van der Waals surface area contributed by atoms with Crippen LogP contribution in [0.4, 0.5) is 0 Å². The molecule has 2 fully saturated rings. The van der Waals surface area contributed by atoms with Gasteiger partial charge in [-0.3, -0.25) is 4.90 Å². The van der Waals surface area contributed by atoms with Crippen molar-refractivity contribution in [3.63, 3.8) is 0 Å². The zero-order chi connectivity index (χ0) is 10.7. The molecule has 0 saturated carbocycles. The van der Waals surface area contributed by atoms with Gasteiger partial charge in [0.05, 0.1) is 6.61 Å². The van der Waals surface area contributed by atoms with Gasteiger partial charge in [0.1, 0.15) is 0 Å². The van der Waals surface area contributed by atoms with E-state index < -0.39 is 0 Å². The fourth-order valence-electron chi connectivity index (χ4n) is 2.92. The van der Waals surface area contributed by atoms with E-state index in [2.05, 4.69) is 24.2 Å². The molecule has 0 radical (unpaired) electrons. The quantitative estimate of drug-likeness (QED) is 0.758. The standard InChI is InChI=1S/C12H24N2O/c1-3-10-4-6-14(8-10)12-9-15-7-5-11(12)13-2/h10-13H,3-9H2,1-2H3. The summed E-state index contributed by atoms with van der Waals surface area (Å²) in [5.74, 6) is 0.921. The molecule has 3 unspecified atom stereocenters. The van der Waals surface area contributed by atoms with Crippen molar-refractivity contribution in [2.24, 2.45) is 5.92 Å². The highest BCUT2D eigenvalue weighted by Crippen LogP contribution is 2.24. The molecule has 3 atom stereocenters. The molecular formula is C12H24N2O. The normalized spacial score (nSPS) is 38.4. The van der Waals surface area contributed by atoms with Crippen molar-refractivity contribution >= 4 is 0 Å². The average molecular weight is 212 g/mol. The first-order valence-electron chi connectivity index (χ1n) is 6.34. The van der Waals surface area contributed by atoms with Crippen LogP contribution in [0, 0.1) is 5.92 Å². The van der Waals surface area contributed by atoms with E-state index in [1.54, 1.807) is 0 Å². The van der Waals surface area contributed by atoms with Gasteiger partial charge in [0.15, 0.2) is 0 Å². The predicted molar refractivity (Wildman–Crippen MR) is 62.0 cm³/mol. The molecule has 1 N–H and O–H groups in total. The lowest BCUT2D eigenvalue weighted by molar-refractivity contribution is 0.00570. The number of hydrogen-bond donors (Lipinski definition) is 1. The number of nitrogens with one attached hydrogen (secondary N) is 1. The number of nitrogens with zero attached hydrogens (tertiary/aromatic N) is 1. The van der Waals surface area contributed by atoms with E-state index in [0.29, 0.717) is 12.1 Å². The van der Waals surface area contributed by atoms with Crippen LogP contribution in [-0.4, -0.2) is 50.3 Å². The van der Waals surface area contributed by atoms with Gasteiger partial charge in [0.2, 0.25) is 0 Å². The van der Waals surface area contributed by atoms with Gasteiger partial charge < -0.3 is 10.1 Å². The maximum Gasteiger partial charge on any atom is 0.0637 e. The van der Waals surface area contributed by atoms with Crippen LogP contribution in [0.1, 0.15) is 26.2 Å². The largest absolute Gasteiger partial charge is 0.380 e. The van der Waals surface area contributed by atoms with E-state index in [1.807, 2.05) is 0 Å². The van der Waals surface area contributed by atoms with E-state index in [-0.39, 0.29) is 0 Å². The third kappa shape index (κ3) is 2.52. The molecule has 0 aromatic heterocycles. The highest BCUT2D eigenvalue weighted by atomic mass is 16.5. The maximum atomic E-state index is 5.61. The Hall–Kier alpha value is -0.120. The Morgan fingerprint density at radius 1 is 1.40 bits per heavy atom. The summed E-state index contributed by atoms with van der Waals surface area (Å²) in [5.41, 5.74) is 0. The van der Waals surface area contributed by atoms with Gasteiger partial charge in [-0.1, -0.05) is 13.3 Å². The summed E-state index contributed by atoms with van der Waals surface area (Å²) in [4.78, 5) is 2.63. The summed E-state index contributed by atoms with van der Waals surface area (Å²) in [7, 11) is 2.08. The summed E-state index contributed by atoms with van der Waals surface area (Å²) >= 11 is 0. The number of hydrogen-bond acceptors (Lipinski definition) is 3. The molecule has 0 aromatic carbocycles. The first-order chi connectivity index (χ1) is 7.35. The van der Waals surface area contributed by atoms with Crippen LogP contribution in [0.2, 0.25) is 0 Å². The van der Waals surface area contributed by atoms with Gasteiger partial charge in [-0.25, -0.2) is 0 Å². The van der Waals surface area contributed by atoms with Crippen LogP contribution in [0.3, 0.4) is 0 Å². The highest BCUT2D eigenvalue weighted by Gasteiger charge is 2.33. The Labute approximate surface area is 93.2 Å². The lowest BCUT2D eigenvalue weighted by Crippen LogP contribution is -2.53. The lowest BCUT2D eigenvalue weighted by atomic mass is 10.0. The molecule has 0 bridgehead atoms. The number of likely N-dealkylation sites (tertiary alicyclic amines) is 1. The molecule has 0 aromatic rings. The second kappa shape index (κ2) is 5.28. The summed E-state index contributed by atoms with van der Waals surface area (Å²) in [6.07, 6.45) is 3.87. The zero-order valence-corrected chi connectivity index (χ0v) is 10.0. The van der Waals surface area contributed by atoms with Gasteiger partial charge in [-0.2, -0.15) is 0 Å². The Morgan fingerprint density at radius 3 is 2.93 bits per heavy atom. The number of rotatable bonds is 3. The van der Waals surface area contributed by atoms with Crippen molar-refractivity contribution < 1.29 is 4.74 Å². The second-order valence-corrected chi connectivity index (χ2v) is 4.88. The minimum Gasteiger partial charge on any atom is -0.380 e. The smallest absolute Gasteiger partial charge is 0.0637 e. The molecule has 0 spiro atoms. The lowest BCUT2D eigenvalue weighted by Gasteiger charge is -2.37. The van der Waals surface area contributed by atoms with Gasteiger partial charge in [0.25, 0.3) is 0 Å². The van der Waals surface area contributed by atoms with Crippen molar-refractivity contribution in [3.8, 4) is 0 Å². The molecule has 3 nitrogen and oxygen atoms in total. The molecule has 0 aliphatic carbocycles. The first-order valence-corrected chi connectivity index (χ1v) is 6.34. The third-order valence-corrected chi connectivity index (χ3v) is 4.06. The van der Waals surface area contributed by atoms with Crippen LogP contribution in [0.5, 0.6) is 0 Å². The van der Waals surface area contributed by atoms with Gasteiger partial charge in [-0.15, -0.1) is 0 Å². The zero-order valence-electron chi connectivity index (χ0n) is 10.0. The van der Waals surface area contributed by atoms with Crippen molar-refractivity contribution in [3.05, 3.63) is 0 Å². The molecule has 2 saturated heterocycles. The molecule has 2 aliphatic heterocycles. The topological polar surface area (TPSA) is 24.5 Å². The maximum absolute atomic E-state index is 5.61. The minimum atomic E-state index is 0.611. The Bertz CT molecular complexity index is 198. The first kappa shape index (κ1) is 11.4. The summed E-state index contributed by atoms with van der Waals surface area (Å²) < 4.78 is 5.61. The summed E-state index contributed by atoms with van der Waals surface area (Å²) in [6, 6.07) is 1.25. The van der Waals surface area contributed by atoms with E-state index >= 15 is 0 Å². The molecule has 15 heavy (non-hydrogen) atoms. The fraction of sp³-hybridized carbons (Fsp3) is 1.00. The van der Waals surface area contributed by atoms with Gasteiger partial charge in [-0.05, 0) is 32.4 Å². The SMILES string of the molecule is CCC1CCN(C2COCCC2NC)C1. The Morgan fingerprint density at radius 2 is 2.27 bits per heavy atom. The molecule has 2 aliphatic rings. The van der Waals surface area contributed by atoms with Crippen molar-refractivity contribution in [1.29, 1.82) is 0 Å². The van der Waals surface area contributed by atoms with E-state index in [1.165, 1.54) is 25.9 Å². The Kier molecular flexibility index (Phi) is 4.00. The summed E-state index contributed by atoms with van der Waals surface area (Å²) in [5, 5.41) is 3.44. The van der Waals surface area contributed by atoms with E-state index in [4.69, 9.17) is 4.74 Å². The summed E-state index contributed by atoms with van der Waals surface area (Å²) in [6.45, 7) is 6.70. The van der Waals surface area contributed by atoms with E-state index in [9.17, 15) is 0 Å². The minimum absolute atomic E-state index is 0.611. The highest BCUT2D eigenvalue weighted by molar-refractivity contribution is 4.90. The van der Waals surface area contributed by atoms with Crippen molar-refractivity contribution in [2.45, 2.75) is 38.3 Å². The van der Waals surface area contributed by atoms with Crippen LogP contribution < -0.4 is 5.32 Å². The molecule has 2 heterocycles. The fourth-order valence-corrected chi connectivity index (χ4v) is 2.92. The Balaban J connectivity index is 1.90. The van der Waals surface area contributed by atoms with Crippen LogP contribution in [-0.2, 0) is 4.74 Å². The molecule has 0 amide bonds. The van der Waals surface area contributed by atoms with Crippen LogP contribution in [0.25, 0.3) is 0 Å². The third-order valence-electron chi connectivity index (χ3n) is 4.06. The molecular weight excluding hydrogens is 188 g/mol. The molecule has 3 heteroatoms. The van der Waals surface area contributed by atoms with Crippen molar-refractivity contribution in [1.82, 2.24) is 10.2 Å². The number of likely N-dealkylation sites (N-methyl/N-ethyl adjacent to an activating group) is 1. The van der Waals surface area contributed by atoms with E-state index in [0.717, 1.165) is 25.6 Å². The van der Waals surface area contributed by atoms with Gasteiger partial charge in [0, 0.05) is 25.2 Å². The monoisotopic (exact) mass is 212 g/mol. The molecule has 2 rings (SSSR count). The van der Waals surface area contributed by atoms with Crippen molar-refractivity contribution in [2.75, 3.05) is 33.4 Å². The molecule has 88 valence electrons. The van der Waals surface area contributed by atoms with Crippen LogP contribution >= 0.6 is 0 Å². The predicted octanol–water partition coefficient (Wildman–Crippen LogP) is 1.10.